The fraction of sp³-hybridized carbons (Fsp3) is 0.250. The predicted octanol–water partition coefficient (Wildman–Crippen LogP) is 3.47. The average Bonchev–Trinajstić information content (AvgIpc) is 3.07. The summed E-state index contributed by atoms with van der Waals surface area (Å²) in [5, 5.41) is 10.9. The molecule has 0 radical (unpaired) electrons. The van der Waals surface area contributed by atoms with Gasteiger partial charge in [0.25, 0.3) is 5.91 Å². The molecular formula is C20H21FN4O. The van der Waals surface area contributed by atoms with Crippen molar-refractivity contribution < 1.29 is 9.18 Å². The molecule has 0 aliphatic rings. The number of hydrogen-bond donors (Lipinski definition) is 1. The van der Waals surface area contributed by atoms with E-state index in [1.54, 1.807) is 12.1 Å². The van der Waals surface area contributed by atoms with E-state index in [9.17, 15) is 9.18 Å². The molecule has 1 heterocycles. The van der Waals surface area contributed by atoms with E-state index in [2.05, 4.69) is 34.7 Å². The van der Waals surface area contributed by atoms with Crippen LogP contribution in [0.1, 0.15) is 35.5 Å². The zero-order valence-electron chi connectivity index (χ0n) is 15.0. The molecule has 0 saturated heterocycles. The Kier molecular flexibility index (Phi) is 4.84. The first kappa shape index (κ1) is 17.8. The Morgan fingerprint density at radius 2 is 1.85 bits per heavy atom. The molecule has 0 unspecified atom stereocenters. The number of amides is 1. The van der Waals surface area contributed by atoms with Gasteiger partial charge in [0, 0.05) is 5.54 Å². The molecule has 0 aliphatic heterocycles. The van der Waals surface area contributed by atoms with Gasteiger partial charge >= 0.3 is 0 Å². The lowest BCUT2D eigenvalue weighted by Gasteiger charge is -2.26. The van der Waals surface area contributed by atoms with Crippen LogP contribution in [0.25, 0.3) is 5.69 Å². The zero-order valence-corrected chi connectivity index (χ0v) is 15.0. The smallest absolute Gasteiger partial charge is 0.273 e. The molecule has 1 aromatic heterocycles. The van der Waals surface area contributed by atoms with E-state index in [0.717, 1.165) is 0 Å². The largest absolute Gasteiger partial charge is 0.345 e. The number of rotatable bonds is 5. The quantitative estimate of drug-likeness (QED) is 0.765. The van der Waals surface area contributed by atoms with Crippen LogP contribution >= 0.6 is 0 Å². The van der Waals surface area contributed by atoms with Crippen LogP contribution in [0.15, 0.2) is 54.7 Å². The van der Waals surface area contributed by atoms with Gasteiger partial charge in [0.05, 0.1) is 11.9 Å². The molecule has 26 heavy (non-hydrogen) atoms. The van der Waals surface area contributed by atoms with Crippen molar-refractivity contribution in [2.45, 2.75) is 32.7 Å². The topological polar surface area (TPSA) is 59.8 Å². The van der Waals surface area contributed by atoms with Crippen molar-refractivity contribution in [3.05, 3.63) is 77.4 Å². The third kappa shape index (κ3) is 4.14. The Morgan fingerprint density at radius 3 is 2.54 bits per heavy atom. The van der Waals surface area contributed by atoms with Crippen LogP contribution in [0.3, 0.4) is 0 Å². The molecule has 0 saturated carbocycles. The molecule has 5 nitrogen and oxygen atoms in total. The first-order valence-electron chi connectivity index (χ1n) is 8.39. The minimum Gasteiger partial charge on any atom is -0.345 e. The van der Waals surface area contributed by atoms with E-state index in [0.29, 0.717) is 12.1 Å². The van der Waals surface area contributed by atoms with Gasteiger partial charge in [-0.05, 0) is 62.6 Å². The summed E-state index contributed by atoms with van der Waals surface area (Å²) in [5.41, 5.74) is 2.79. The Bertz CT molecular complexity index is 916. The first-order chi connectivity index (χ1) is 12.3. The molecule has 3 aromatic rings. The van der Waals surface area contributed by atoms with Crippen LogP contribution in [-0.4, -0.2) is 26.4 Å². The van der Waals surface area contributed by atoms with Gasteiger partial charge in [0.15, 0.2) is 5.69 Å². The lowest BCUT2D eigenvalue weighted by atomic mass is 9.92. The van der Waals surface area contributed by atoms with Gasteiger partial charge in [-0.25, -0.2) is 9.07 Å². The molecule has 6 heteroatoms. The van der Waals surface area contributed by atoms with E-state index in [1.165, 1.54) is 34.1 Å². The van der Waals surface area contributed by atoms with Crippen LogP contribution in [0.5, 0.6) is 0 Å². The highest BCUT2D eigenvalue weighted by Crippen LogP contribution is 2.17. The highest BCUT2D eigenvalue weighted by molar-refractivity contribution is 5.92. The summed E-state index contributed by atoms with van der Waals surface area (Å²) in [7, 11) is 0. The van der Waals surface area contributed by atoms with E-state index < -0.39 is 5.54 Å². The second-order valence-electron chi connectivity index (χ2n) is 6.97. The summed E-state index contributed by atoms with van der Waals surface area (Å²) < 4.78 is 14.5. The molecule has 0 spiro atoms. The maximum absolute atomic E-state index is 13.0. The zero-order chi connectivity index (χ0) is 18.7. The number of benzene rings is 2. The van der Waals surface area contributed by atoms with Gasteiger partial charge in [0.2, 0.25) is 0 Å². The number of carbonyl (C=O) groups excluding carboxylic acids is 1. The number of carbonyl (C=O) groups is 1. The lowest BCUT2D eigenvalue weighted by molar-refractivity contribution is 0.0907. The molecule has 2 aromatic carbocycles. The van der Waals surface area contributed by atoms with Crippen molar-refractivity contribution in [2.24, 2.45) is 0 Å². The maximum atomic E-state index is 13.0. The van der Waals surface area contributed by atoms with Crippen LogP contribution in [0, 0.1) is 12.7 Å². The Morgan fingerprint density at radius 1 is 1.15 bits per heavy atom. The molecule has 134 valence electrons. The standard InChI is InChI=1S/C20H21FN4O/c1-14-6-4-5-7-15(14)12-20(2,3)22-19(26)18-13-25(24-23-18)17-10-8-16(21)9-11-17/h4-11,13H,12H2,1-3H3,(H,22,26). The molecule has 3 rings (SSSR count). The van der Waals surface area contributed by atoms with E-state index in [-0.39, 0.29) is 17.4 Å². The molecule has 1 amide bonds. The third-order valence-corrected chi connectivity index (χ3v) is 4.16. The number of halogens is 1. The van der Waals surface area contributed by atoms with Crippen molar-refractivity contribution >= 4 is 5.91 Å². The number of nitrogens with zero attached hydrogens (tertiary/aromatic N) is 3. The Hall–Kier alpha value is -3.02. The highest BCUT2D eigenvalue weighted by atomic mass is 19.1. The lowest BCUT2D eigenvalue weighted by Crippen LogP contribution is -2.45. The SMILES string of the molecule is Cc1ccccc1CC(C)(C)NC(=O)c1cn(-c2ccc(F)cc2)nn1. The van der Waals surface area contributed by atoms with Crippen molar-refractivity contribution in [3.63, 3.8) is 0 Å². The minimum absolute atomic E-state index is 0.215. The Labute approximate surface area is 151 Å². The number of hydrogen-bond acceptors (Lipinski definition) is 3. The van der Waals surface area contributed by atoms with E-state index >= 15 is 0 Å². The van der Waals surface area contributed by atoms with E-state index in [1.807, 2.05) is 26.0 Å². The van der Waals surface area contributed by atoms with Gasteiger partial charge in [-0.1, -0.05) is 29.5 Å². The summed E-state index contributed by atoms with van der Waals surface area (Å²) in [6.45, 7) is 6.00. The molecule has 0 atom stereocenters. The van der Waals surface area contributed by atoms with Crippen LogP contribution < -0.4 is 5.32 Å². The van der Waals surface area contributed by atoms with E-state index in [4.69, 9.17) is 0 Å². The Balaban J connectivity index is 1.71. The second-order valence-corrected chi connectivity index (χ2v) is 6.97. The summed E-state index contributed by atoms with van der Waals surface area (Å²) in [5.74, 6) is -0.623. The predicted molar refractivity (Wildman–Crippen MR) is 97.7 cm³/mol. The maximum Gasteiger partial charge on any atom is 0.273 e. The van der Waals surface area contributed by atoms with Crippen LogP contribution in [0.2, 0.25) is 0 Å². The monoisotopic (exact) mass is 352 g/mol. The fourth-order valence-electron chi connectivity index (χ4n) is 2.79. The molecule has 0 fully saturated rings. The van der Waals surface area contributed by atoms with Crippen molar-refractivity contribution in [1.82, 2.24) is 20.3 Å². The number of aromatic nitrogens is 3. The summed E-state index contributed by atoms with van der Waals surface area (Å²) >= 11 is 0. The van der Waals surface area contributed by atoms with Gasteiger partial charge in [-0.2, -0.15) is 0 Å². The van der Waals surface area contributed by atoms with Gasteiger partial charge in [-0.3, -0.25) is 4.79 Å². The number of aryl methyl sites for hydroxylation is 1. The van der Waals surface area contributed by atoms with Gasteiger partial charge in [-0.15, -0.1) is 5.10 Å². The molecular weight excluding hydrogens is 331 g/mol. The summed E-state index contributed by atoms with van der Waals surface area (Å²) in [6.07, 6.45) is 2.24. The van der Waals surface area contributed by atoms with Crippen molar-refractivity contribution in [2.75, 3.05) is 0 Å². The second kappa shape index (κ2) is 7.07. The molecule has 0 bridgehead atoms. The fourth-order valence-corrected chi connectivity index (χ4v) is 2.79. The highest BCUT2D eigenvalue weighted by Gasteiger charge is 2.24. The molecule has 1 N–H and O–H groups in total. The molecule has 0 aliphatic carbocycles. The van der Waals surface area contributed by atoms with Gasteiger partial charge in [0.1, 0.15) is 5.82 Å². The normalized spacial score (nSPS) is 11.4. The summed E-state index contributed by atoms with van der Waals surface area (Å²) in [4.78, 5) is 12.5. The summed E-state index contributed by atoms with van der Waals surface area (Å²) in [6, 6.07) is 13.9. The average molecular weight is 352 g/mol. The van der Waals surface area contributed by atoms with Crippen molar-refractivity contribution in [1.29, 1.82) is 0 Å². The minimum atomic E-state index is -0.442. The first-order valence-corrected chi connectivity index (χ1v) is 8.39. The van der Waals surface area contributed by atoms with Crippen molar-refractivity contribution in [3.8, 4) is 5.69 Å². The number of nitrogens with one attached hydrogen (secondary N) is 1. The van der Waals surface area contributed by atoms with Crippen LogP contribution in [-0.2, 0) is 6.42 Å². The third-order valence-electron chi connectivity index (χ3n) is 4.16. The van der Waals surface area contributed by atoms with Gasteiger partial charge < -0.3 is 5.32 Å². The van der Waals surface area contributed by atoms with Crippen LogP contribution in [0.4, 0.5) is 4.39 Å².